The average Bonchev–Trinajstić information content (AvgIpc) is 2.20. The molecule has 1 aliphatic rings. The van der Waals surface area contributed by atoms with E-state index in [-0.39, 0.29) is 0 Å². The van der Waals surface area contributed by atoms with E-state index < -0.39 is 0 Å². The van der Waals surface area contributed by atoms with Crippen LogP contribution in [0.3, 0.4) is 0 Å². The van der Waals surface area contributed by atoms with Crippen molar-refractivity contribution in [2.45, 2.75) is 51.7 Å². The lowest BCUT2D eigenvalue weighted by atomic mass is 9.78. The smallest absolute Gasteiger partial charge is 0.0580 e. The van der Waals surface area contributed by atoms with Crippen LogP contribution in [0.25, 0.3) is 0 Å². The summed E-state index contributed by atoms with van der Waals surface area (Å²) in [6, 6.07) is 0.498. The van der Waals surface area contributed by atoms with Crippen LogP contribution in [-0.4, -0.2) is 25.3 Å². The maximum absolute atomic E-state index is 5.56. The number of hydrogen-bond donors (Lipinski definition) is 1. The molecule has 0 aromatic carbocycles. The van der Waals surface area contributed by atoms with Gasteiger partial charge in [-0.3, -0.25) is 0 Å². The highest BCUT2D eigenvalue weighted by Gasteiger charge is 2.30. The standard InChI is InChI=1S/C13H25NO/c1-4-7-14-12(5-2)8-11-9-13(10-11)15-6-3/h5,11-14H,2,4,6-10H2,1,3H3. The van der Waals surface area contributed by atoms with Crippen LogP contribution in [0.15, 0.2) is 12.7 Å². The van der Waals surface area contributed by atoms with Gasteiger partial charge in [-0.25, -0.2) is 0 Å². The van der Waals surface area contributed by atoms with Crippen LogP contribution in [-0.2, 0) is 4.74 Å². The van der Waals surface area contributed by atoms with Gasteiger partial charge >= 0.3 is 0 Å². The third-order valence-electron chi connectivity index (χ3n) is 3.12. The Kier molecular flexibility index (Phi) is 5.96. The van der Waals surface area contributed by atoms with Crippen molar-refractivity contribution in [1.29, 1.82) is 0 Å². The van der Waals surface area contributed by atoms with E-state index in [0.717, 1.165) is 19.1 Å². The molecule has 1 saturated carbocycles. The van der Waals surface area contributed by atoms with Crippen LogP contribution in [0.5, 0.6) is 0 Å². The van der Waals surface area contributed by atoms with Gasteiger partial charge in [-0.05, 0) is 45.1 Å². The highest BCUT2D eigenvalue weighted by Crippen LogP contribution is 2.33. The van der Waals surface area contributed by atoms with Crippen molar-refractivity contribution in [3.63, 3.8) is 0 Å². The second-order valence-electron chi connectivity index (χ2n) is 4.45. The molecule has 0 heterocycles. The van der Waals surface area contributed by atoms with Crippen molar-refractivity contribution in [3.05, 3.63) is 12.7 Å². The maximum atomic E-state index is 5.56. The SMILES string of the molecule is C=CC(CC1CC(OCC)C1)NCCC. The summed E-state index contributed by atoms with van der Waals surface area (Å²) >= 11 is 0. The van der Waals surface area contributed by atoms with Gasteiger partial charge in [0.2, 0.25) is 0 Å². The van der Waals surface area contributed by atoms with Crippen LogP contribution in [0, 0.1) is 5.92 Å². The second kappa shape index (κ2) is 7.02. The summed E-state index contributed by atoms with van der Waals surface area (Å²) in [7, 11) is 0. The minimum atomic E-state index is 0.498. The molecule has 15 heavy (non-hydrogen) atoms. The molecule has 1 rings (SSSR count). The summed E-state index contributed by atoms with van der Waals surface area (Å²) in [4.78, 5) is 0. The van der Waals surface area contributed by atoms with Crippen LogP contribution < -0.4 is 5.32 Å². The van der Waals surface area contributed by atoms with Crippen molar-refractivity contribution >= 4 is 0 Å². The van der Waals surface area contributed by atoms with Gasteiger partial charge in [0.05, 0.1) is 6.10 Å². The lowest BCUT2D eigenvalue weighted by molar-refractivity contribution is -0.0278. The first-order valence-electron chi connectivity index (χ1n) is 6.27. The lowest BCUT2D eigenvalue weighted by Gasteiger charge is -2.36. The van der Waals surface area contributed by atoms with E-state index in [1.54, 1.807) is 0 Å². The summed E-state index contributed by atoms with van der Waals surface area (Å²) < 4.78 is 5.56. The Morgan fingerprint density at radius 2 is 2.20 bits per heavy atom. The highest BCUT2D eigenvalue weighted by molar-refractivity contribution is 4.91. The molecule has 1 aliphatic carbocycles. The quantitative estimate of drug-likeness (QED) is 0.623. The Morgan fingerprint density at radius 1 is 1.47 bits per heavy atom. The van der Waals surface area contributed by atoms with Gasteiger partial charge < -0.3 is 10.1 Å². The molecule has 0 aromatic heterocycles. The zero-order chi connectivity index (χ0) is 11.1. The monoisotopic (exact) mass is 211 g/mol. The van der Waals surface area contributed by atoms with Crippen molar-refractivity contribution in [1.82, 2.24) is 5.32 Å². The molecule has 0 bridgehead atoms. The van der Waals surface area contributed by atoms with Crippen molar-refractivity contribution in [3.8, 4) is 0 Å². The first-order valence-corrected chi connectivity index (χ1v) is 6.27. The summed E-state index contributed by atoms with van der Waals surface area (Å²) in [6.07, 6.45) is 7.49. The molecular weight excluding hydrogens is 186 g/mol. The van der Waals surface area contributed by atoms with Gasteiger partial charge in [0, 0.05) is 12.6 Å². The Labute approximate surface area is 94.1 Å². The van der Waals surface area contributed by atoms with E-state index >= 15 is 0 Å². The molecule has 0 amide bonds. The molecule has 0 saturated heterocycles. The van der Waals surface area contributed by atoms with Crippen LogP contribution >= 0.6 is 0 Å². The first-order chi connectivity index (χ1) is 7.30. The van der Waals surface area contributed by atoms with E-state index in [1.165, 1.54) is 25.7 Å². The van der Waals surface area contributed by atoms with Gasteiger partial charge in [-0.2, -0.15) is 0 Å². The summed E-state index contributed by atoms with van der Waals surface area (Å²) in [5, 5.41) is 3.51. The summed E-state index contributed by atoms with van der Waals surface area (Å²) in [6.45, 7) is 10.1. The third-order valence-corrected chi connectivity index (χ3v) is 3.12. The van der Waals surface area contributed by atoms with Crippen molar-refractivity contribution in [2.75, 3.05) is 13.2 Å². The van der Waals surface area contributed by atoms with Crippen LogP contribution in [0.2, 0.25) is 0 Å². The largest absolute Gasteiger partial charge is 0.378 e. The molecular formula is C13H25NO. The fraction of sp³-hybridized carbons (Fsp3) is 0.846. The Morgan fingerprint density at radius 3 is 2.73 bits per heavy atom. The molecule has 0 radical (unpaired) electrons. The van der Waals surface area contributed by atoms with Gasteiger partial charge in [-0.15, -0.1) is 6.58 Å². The minimum absolute atomic E-state index is 0.498. The second-order valence-corrected chi connectivity index (χ2v) is 4.45. The number of hydrogen-bond acceptors (Lipinski definition) is 2. The number of nitrogens with one attached hydrogen (secondary N) is 1. The van der Waals surface area contributed by atoms with Gasteiger partial charge in [-0.1, -0.05) is 13.0 Å². The summed E-state index contributed by atoms with van der Waals surface area (Å²) in [5.74, 6) is 0.842. The molecule has 2 nitrogen and oxygen atoms in total. The predicted octanol–water partition coefficient (Wildman–Crippen LogP) is 2.75. The van der Waals surface area contributed by atoms with E-state index in [1.807, 2.05) is 6.08 Å². The molecule has 1 unspecified atom stereocenters. The van der Waals surface area contributed by atoms with Crippen molar-refractivity contribution < 1.29 is 4.74 Å². The predicted molar refractivity (Wildman–Crippen MR) is 65.0 cm³/mol. The topological polar surface area (TPSA) is 21.3 Å². The fourth-order valence-corrected chi connectivity index (χ4v) is 2.19. The Balaban J connectivity index is 2.10. The molecule has 1 fully saturated rings. The third kappa shape index (κ3) is 4.35. The van der Waals surface area contributed by atoms with Crippen LogP contribution in [0.4, 0.5) is 0 Å². The minimum Gasteiger partial charge on any atom is -0.378 e. The van der Waals surface area contributed by atoms with Gasteiger partial charge in [0.25, 0.3) is 0 Å². The molecule has 1 N–H and O–H groups in total. The molecule has 0 aliphatic heterocycles. The average molecular weight is 211 g/mol. The first kappa shape index (κ1) is 12.7. The molecule has 1 atom stereocenters. The van der Waals surface area contributed by atoms with Crippen molar-refractivity contribution in [2.24, 2.45) is 5.92 Å². The normalized spacial score (nSPS) is 27.1. The zero-order valence-corrected chi connectivity index (χ0v) is 10.2. The molecule has 88 valence electrons. The molecule has 0 spiro atoms. The lowest BCUT2D eigenvalue weighted by Crippen LogP contribution is -2.37. The molecule has 0 aromatic rings. The summed E-state index contributed by atoms with van der Waals surface area (Å²) in [5.41, 5.74) is 0. The Bertz CT molecular complexity index is 175. The van der Waals surface area contributed by atoms with E-state index in [4.69, 9.17) is 4.74 Å². The van der Waals surface area contributed by atoms with Gasteiger partial charge in [0.15, 0.2) is 0 Å². The zero-order valence-electron chi connectivity index (χ0n) is 10.2. The van der Waals surface area contributed by atoms with Gasteiger partial charge in [0.1, 0.15) is 0 Å². The highest BCUT2D eigenvalue weighted by atomic mass is 16.5. The number of rotatable bonds is 8. The van der Waals surface area contributed by atoms with E-state index in [0.29, 0.717) is 12.1 Å². The van der Waals surface area contributed by atoms with E-state index in [9.17, 15) is 0 Å². The molecule has 2 heteroatoms. The van der Waals surface area contributed by atoms with Crippen LogP contribution in [0.1, 0.15) is 39.5 Å². The maximum Gasteiger partial charge on any atom is 0.0580 e. The Hall–Kier alpha value is -0.340. The number of ether oxygens (including phenoxy) is 1. The fourth-order valence-electron chi connectivity index (χ4n) is 2.19. The van der Waals surface area contributed by atoms with E-state index in [2.05, 4.69) is 25.7 Å².